The molecule has 0 aliphatic carbocycles. The summed E-state index contributed by atoms with van der Waals surface area (Å²) in [4.78, 5) is 10.7. The van der Waals surface area contributed by atoms with E-state index in [2.05, 4.69) is 0 Å². The summed E-state index contributed by atoms with van der Waals surface area (Å²) in [6, 6.07) is 6.47. The van der Waals surface area contributed by atoms with Crippen LogP contribution in [0.5, 0.6) is 0 Å². The van der Waals surface area contributed by atoms with Crippen LogP contribution >= 0.6 is 0 Å². The Bertz CT molecular complexity index is 487. The second-order valence-electron chi connectivity index (χ2n) is 2.97. The van der Waals surface area contributed by atoms with Crippen molar-refractivity contribution in [3.8, 4) is 0 Å². The Kier molecular flexibility index (Phi) is 1.98. The molecule has 0 saturated carbocycles. The molecule has 0 unspecified atom stereocenters. The lowest BCUT2D eigenvalue weighted by atomic mass is 10.1. The maximum absolute atomic E-state index is 10.7. The van der Waals surface area contributed by atoms with Crippen LogP contribution in [0.3, 0.4) is 0 Å². The third-order valence-corrected chi connectivity index (χ3v) is 2.02. The summed E-state index contributed by atoms with van der Waals surface area (Å²) < 4.78 is 5.33. The highest BCUT2D eigenvalue weighted by Crippen LogP contribution is 2.20. The highest BCUT2D eigenvalue weighted by Gasteiger charge is 2.06. The molecule has 0 amide bonds. The fourth-order valence-electron chi connectivity index (χ4n) is 1.33. The lowest BCUT2D eigenvalue weighted by molar-refractivity contribution is 0.0697. The van der Waals surface area contributed by atoms with Crippen molar-refractivity contribution in [2.75, 3.05) is 0 Å². The first kappa shape index (κ1) is 8.77. The smallest absolute Gasteiger partial charge is 0.335 e. The zero-order valence-corrected chi connectivity index (χ0v) is 7.36. The first-order valence-corrected chi connectivity index (χ1v) is 4.16. The van der Waals surface area contributed by atoms with E-state index in [0.717, 1.165) is 5.39 Å². The van der Waals surface area contributed by atoms with Crippen molar-refractivity contribution >= 4 is 16.9 Å². The van der Waals surface area contributed by atoms with E-state index in [9.17, 15) is 4.79 Å². The van der Waals surface area contributed by atoms with Crippen molar-refractivity contribution in [2.24, 2.45) is 5.73 Å². The number of hydrogen-bond acceptors (Lipinski definition) is 3. The first-order chi connectivity index (χ1) is 6.70. The maximum atomic E-state index is 10.7. The maximum Gasteiger partial charge on any atom is 0.335 e. The van der Waals surface area contributed by atoms with E-state index in [-0.39, 0.29) is 5.56 Å². The first-order valence-electron chi connectivity index (χ1n) is 4.16. The van der Waals surface area contributed by atoms with E-state index in [1.165, 1.54) is 6.07 Å². The van der Waals surface area contributed by atoms with Crippen molar-refractivity contribution in [2.45, 2.75) is 6.54 Å². The van der Waals surface area contributed by atoms with Crippen molar-refractivity contribution in [3.63, 3.8) is 0 Å². The van der Waals surface area contributed by atoms with Gasteiger partial charge in [-0.3, -0.25) is 0 Å². The number of carbonyl (C=O) groups is 1. The summed E-state index contributed by atoms with van der Waals surface area (Å²) in [6.45, 7) is 0.317. The van der Waals surface area contributed by atoms with Crippen LogP contribution in [0.1, 0.15) is 16.1 Å². The minimum atomic E-state index is -0.942. The number of hydrogen-bond donors (Lipinski definition) is 2. The topological polar surface area (TPSA) is 76.5 Å². The summed E-state index contributed by atoms with van der Waals surface area (Å²) in [5.74, 6) is -0.287. The Morgan fingerprint density at radius 3 is 2.86 bits per heavy atom. The predicted molar refractivity (Wildman–Crippen MR) is 51.1 cm³/mol. The standard InChI is InChI=1S/C10H9NO3/c11-5-8-4-7-3-6(10(12)13)1-2-9(7)14-8/h1-4H,5,11H2,(H,12,13). The summed E-state index contributed by atoms with van der Waals surface area (Å²) in [5.41, 5.74) is 6.32. The minimum Gasteiger partial charge on any atom is -0.478 e. The van der Waals surface area contributed by atoms with Crippen LogP contribution in [0.15, 0.2) is 28.7 Å². The van der Waals surface area contributed by atoms with Crippen molar-refractivity contribution in [1.29, 1.82) is 0 Å². The quantitative estimate of drug-likeness (QED) is 0.755. The van der Waals surface area contributed by atoms with Gasteiger partial charge in [-0.2, -0.15) is 0 Å². The van der Waals surface area contributed by atoms with Gasteiger partial charge in [-0.15, -0.1) is 0 Å². The lowest BCUT2D eigenvalue weighted by Gasteiger charge is -1.92. The van der Waals surface area contributed by atoms with E-state index in [0.29, 0.717) is 17.9 Å². The SMILES string of the molecule is NCc1cc2cc(C(=O)O)ccc2o1. The Balaban J connectivity index is 2.59. The van der Waals surface area contributed by atoms with Gasteiger partial charge in [0.1, 0.15) is 11.3 Å². The summed E-state index contributed by atoms with van der Waals surface area (Å²) in [5, 5.41) is 9.52. The van der Waals surface area contributed by atoms with Crippen LogP contribution in [0, 0.1) is 0 Å². The average molecular weight is 191 g/mol. The van der Waals surface area contributed by atoms with Gasteiger partial charge in [0.05, 0.1) is 12.1 Å². The number of carboxylic acid groups (broad SMARTS) is 1. The van der Waals surface area contributed by atoms with Gasteiger partial charge in [0.25, 0.3) is 0 Å². The second-order valence-corrected chi connectivity index (χ2v) is 2.97. The Labute approximate surface area is 79.9 Å². The Hall–Kier alpha value is -1.81. The number of fused-ring (bicyclic) bond motifs is 1. The molecule has 0 aliphatic heterocycles. The van der Waals surface area contributed by atoms with Gasteiger partial charge < -0.3 is 15.3 Å². The monoisotopic (exact) mass is 191 g/mol. The molecule has 3 N–H and O–H groups in total. The van der Waals surface area contributed by atoms with Crippen LogP contribution < -0.4 is 5.73 Å². The van der Waals surface area contributed by atoms with Gasteiger partial charge in [-0.1, -0.05) is 0 Å². The molecule has 0 saturated heterocycles. The number of aromatic carboxylic acids is 1. The average Bonchev–Trinajstić information content (AvgIpc) is 2.58. The van der Waals surface area contributed by atoms with Gasteiger partial charge in [0, 0.05) is 5.39 Å². The predicted octanol–water partition coefficient (Wildman–Crippen LogP) is 1.59. The number of furan rings is 1. The molecule has 2 rings (SSSR count). The summed E-state index contributed by atoms with van der Waals surface area (Å²) >= 11 is 0. The molecule has 0 spiro atoms. The number of carboxylic acids is 1. The molecule has 0 atom stereocenters. The molecule has 0 fully saturated rings. The lowest BCUT2D eigenvalue weighted by Crippen LogP contribution is -1.94. The number of benzene rings is 1. The van der Waals surface area contributed by atoms with Gasteiger partial charge in [0.2, 0.25) is 0 Å². The van der Waals surface area contributed by atoms with Crippen LogP contribution in [-0.2, 0) is 6.54 Å². The highest BCUT2D eigenvalue weighted by molar-refractivity contribution is 5.93. The van der Waals surface area contributed by atoms with Crippen LogP contribution in [0.25, 0.3) is 11.0 Å². The number of nitrogens with two attached hydrogens (primary N) is 1. The van der Waals surface area contributed by atoms with Gasteiger partial charge in [0.15, 0.2) is 0 Å². The molecule has 1 aromatic heterocycles. The largest absolute Gasteiger partial charge is 0.478 e. The van der Waals surface area contributed by atoms with Gasteiger partial charge in [-0.05, 0) is 24.3 Å². The van der Waals surface area contributed by atoms with E-state index in [1.807, 2.05) is 0 Å². The zero-order chi connectivity index (χ0) is 10.1. The van der Waals surface area contributed by atoms with E-state index in [1.54, 1.807) is 18.2 Å². The van der Waals surface area contributed by atoms with Crippen LogP contribution in [0.2, 0.25) is 0 Å². The normalized spacial score (nSPS) is 10.6. The molecule has 0 aliphatic rings. The van der Waals surface area contributed by atoms with E-state index >= 15 is 0 Å². The highest BCUT2D eigenvalue weighted by atomic mass is 16.4. The number of rotatable bonds is 2. The summed E-state index contributed by atoms with van der Waals surface area (Å²) in [7, 11) is 0. The molecule has 2 aromatic rings. The zero-order valence-electron chi connectivity index (χ0n) is 7.36. The van der Waals surface area contributed by atoms with Crippen molar-refractivity contribution in [3.05, 3.63) is 35.6 Å². The van der Waals surface area contributed by atoms with Crippen molar-refractivity contribution in [1.82, 2.24) is 0 Å². The van der Waals surface area contributed by atoms with Crippen molar-refractivity contribution < 1.29 is 14.3 Å². The van der Waals surface area contributed by atoms with Crippen LogP contribution in [-0.4, -0.2) is 11.1 Å². The molecular formula is C10H9NO3. The molecule has 0 radical (unpaired) electrons. The molecule has 72 valence electrons. The third kappa shape index (κ3) is 1.36. The fraction of sp³-hybridized carbons (Fsp3) is 0.100. The molecule has 1 aromatic carbocycles. The van der Waals surface area contributed by atoms with Gasteiger partial charge in [-0.25, -0.2) is 4.79 Å². The van der Waals surface area contributed by atoms with Crippen LogP contribution in [0.4, 0.5) is 0 Å². The van der Waals surface area contributed by atoms with E-state index < -0.39 is 5.97 Å². The third-order valence-electron chi connectivity index (χ3n) is 2.02. The molecule has 4 heteroatoms. The van der Waals surface area contributed by atoms with Gasteiger partial charge >= 0.3 is 5.97 Å². The molecule has 14 heavy (non-hydrogen) atoms. The minimum absolute atomic E-state index is 0.252. The van der Waals surface area contributed by atoms with E-state index in [4.69, 9.17) is 15.3 Å². The molecule has 0 bridgehead atoms. The Morgan fingerprint density at radius 2 is 2.21 bits per heavy atom. The molecular weight excluding hydrogens is 182 g/mol. The second kappa shape index (κ2) is 3.16. The summed E-state index contributed by atoms with van der Waals surface area (Å²) in [6.07, 6.45) is 0. The molecule has 1 heterocycles. The Morgan fingerprint density at radius 1 is 1.43 bits per heavy atom. The fourth-order valence-corrected chi connectivity index (χ4v) is 1.33. The molecule has 4 nitrogen and oxygen atoms in total.